The van der Waals surface area contributed by atoms with Gasteiger partial charge in [-0.25, -0.2) is 0 Å². The van der Waals surface area contributed by atoms with Crippen LogP contribution in [0, 0.1) is 0 Å². The monoisotopic (exact) mass is 253 g/mol. The Balaban J connectivity index is 1.78. The van der Waals surface area contributed by atoms with Gasteiger partial charge in [-0.1, -0.05) is 6.92 Å². The first-order valence-corrected chi connectivity index (χ1v) is 7.02. The maximum atomic E-state index is 12.0. The first kappa shape index (κ1) is 13.5. The van der Waals surface area contributed by atoms with Crippen molar-refractivity contribution in [3.05, 3.63) is 0 Å². The summed E-state index contributed by atoms with van der Waals surface area (Å²) in [4.78, 5) is 27.6. The van der Waals surface area contributed by atoms with Crippen molar-refractivity contribution < 1.29 is 9.59 Å². The quantitative estimate of drug-likeness (QED) is 0.712. The SMILES string of the molecule is CCC1NCC(=O)N(CCCN2CCCC2)C1=O. The van der Waals surface area contributed by atoms with Gasteiger partial charge >= 0.3 is 0 Å². The van der Waals surface area contributed by atoms with Gasteiger partial charge in [0.25, 0.3) is 0 Å². The summed E-state index contributed by atoms with van der Waals surface area (Å²) in [5, 5.41) is 2.98. The zero-order valence-electron chi connectivity index (χ0n) is 11.2. The Bertz CT molecular complexity index is 313. The van der Waals surface area contributed by atoms with E-state index >= 15 is 0 Å². The molecule has 2 amide bonds. The number of nitrogens with one attached hydrogen (secondary N) is 1. The minimum atomic E-state index is -0.172. The normalized spacial score (nSPS) is 26.1. The van der Waals surface area contributed by atoms with Crippen LogP contribution in [-0.4, -0.2) is 60.4 Å². The highest BCUT2D eigenvalue weighted by Gasteiger charge is 2.32. The summed E-state index contributed by atoms with van der Waals surface area (Å²) in [6.45, 7) is 6.18. The Labute approximate surface area is 108 Å². The molecule has 5 nitrogen and oxygen atoms in total. The molecule has 5 heteroatoms. The fraction of sp³-hybridized carbons (Fsp3) is 0.846. The molecule has 1 atom stereocenters. The number of hydrogen-bond acceptors (Lipinski definition) is 4. The lowest BCUT2D eigenvalue weighted by Crippen LogP contribution is -2.58. The maximum absolute atomic E-state index is 12.0. The van der Waals surface area contributed by atoms with E-state index in [1.807, 2.05) is 6.92 Å². The van der Waals surface area contributed by atoms with Crippen LogP contribution >= 0.6 is 0 Å². The van der Waals surface area contributed by atoms with Gasteiger partial charge in [0.05, 0.1) is 12.6 Å². The minimum absolute atomic E-state index is 0.0461. The number of nitrogens with zero attached hydrogens (tertiary/aromatic N) is 2. The van der Waals surface area contributed by atoms with E-state index in [1.165, 1.54) is 30.8 Å². The summed E-state index contributed by atoms with van der Waals surface area (Å²) >= 11 is 0. The third kappa shape index (κ3) is 3.09. The van der Waals surface area contributed by atoms with E-state index in [0.717, 1.165) is 19.4 Å². The third-order valence-electron chi connectivity index (χ3n) is 3.83. The van der Waals surface area contributed by atoms with Crippen molar-refractivity contribution in [2.75, 3.05) is 32.7 Å². The molecule has 1 N–H and O–H groups in total. The minimum Gasteiger partial charge on any atom is -0.303 e. The van der Waals surface area contributed by atoms with Crippen molar-refractivity contribution in [1.29, 1.82) is 0 Å². The first-order chi connectivity index (χ1) is 8.72. The highest BCUT2D eigenvalue weighted by molar-refractivity contribution is 6.01. The molecular weight excluding hydrogens is 230 g/mol. The van der Waals surface area contributed by atoms with E-state index in [9.17, 15) is 9.59 Å². The molecule has 2 rings (SSSR count). The van der Waals surface area contributed by atoms with Crippen molar-refractivity contribution in [2.45, 2.75) is 38.6 Å². The highest BCUT2D eigenvalue weighted by Crippen LogP contribution is 2.10. The molecule has 2 aliphatic heterocycles. The number of hydrogen-bond donors (Lipinski definition) is 1. The number of piperazine rings is 1. The molecule has 0 spiro atoms. The number of rotatable bonds is 5. The largest absolute Gasteiger partial charge is 0.303 e. The second kappa shape index (κ2) is 6.29. The number of likely N-dealkylation sites (tertiary alicyclic amines) is 1. The molecule has 0 bridgehead atoms. The van der Waals surface area contributed by atoms with Crippen LogP contribution in [0.4, 0.5) is 0 Å². The molecule has 0 radical (unpaired) electrons. The maximum Gasteiger partial charge on any atom is 0.246 e. The van der Waals surface area contributed by atoms with E-state index in [2.05, 4.69) is 10.2 Å². The predicted molar refractivity (Wildman–Crippen MR) is 69.1 cm³/mol. The van der Waals surface area contributed by atoms with Gasteiger partial charge in [-0.2, -0.15) is 0 Å². The summed E-state index contributed by atoms with van der Waals surface area (Å²) in [6.07, 6.45) is 4.20. The summed E-state index contributed by atoms with van der Waals surface area (Å²) in [7, 11) is 0. The average Bonchev–Trinajstić information content (AvgIpc) is 2.86. The topological polar surface area (TPSA) is 52.7 Å². The van der Waals surface area contributed by atoms with Crippen LogP contribution in [0.1, 0.15) is 32.6 Å². The fourth-order valence-corrected chi connectivity index (χ4v) is 2.72. The number of amides is 2. The van der Waals surface area contributed by atoms with E-state index in [1.54, 1.807) is 0 Å². The zero-order valence-corrected chi connectivity index (χ0v) is 11.2. The predicted octanol–water partition coefficient (Wildman–Crippen LogP) is 0.209. The summed E-state index contributed by atoms with van der Waals surface area (Å²) in [5.74, 6) is -0.124. The van der Waals surface area contributed by atoms with Crippen LogP contribution in [0.2, 0.25) is 0 Å². The second-order valence-electron chi connectivity index (χ2n) is 5.13. The summed E-state index contributed by atoms with van der Waals surface area (Å²) in [6, 6.07) is -0.172. The number of imide groups is 1. The molecule has 0 aromatic heterocycles. The smallest absolute Gasteiger partial charge is 0.246 e. The molecule has 102 valence electrons. The number of carbonyl (C=O) groups is 2. The third-order valence-corrected chi connectivity index (χ3v) is 3.83. The Morgan fingerprint density at radius 2 is 1.94 bits per heavy atom. The van der Waals surface area contributed by atoms with Crippen LogP contribution in [0.3, 0.4) is 0 Å². The van der Waals surface area contributed by atoms with Crippen LogP contribution < -0.4 is 5.32 Å². The van der Waals surface area contributed by atoms with Crippen molar-refractivity contribution >= 4 is 11.8 Å². The molecule has 2 aliphatic rings. The lowest BCUT2D eigenvalue weighted by Gasteiger charge is -2.31. The van der Waals surface area contributed by atoms with Crippen LogP contribution in [0.15, 0.2) is 0 Å². The summed E-state index contributed by atoms with van der Waals surface area (Å²) in [5.41, 5.74) is 0. The lowest BCUT2D eigenvalue weighted by molar-refractivity contribution is -0.149. The Morgan fingerprint density at radius 1 is 1.22 bits per heavy atom. The lowest BCUT2D eigenvalue weighted by atomic mass is 10.1. The van der Waals surface area contributed by atoms with E-state index in [4.69, 9.17) is 0 Å². The van der Waals surface area contributed by atoms with Gasteiger partial charge < -0.3 is 4.90 Å². The van der Waals surface area contributed by atoms with Crippen molar-refractivity contribution in [1.82, 2.24) is 15.1 Å². The molecule has 0 aromatic rings. The standard InChI is InChI=1S/C13H23N3O2/c1-2-11-13(18)16(12(17)10-14-11)9-5-8-15-6-3-4-7-15/h11,14H,2-10H2,1H3. The van der Waals surface area contributed by atoms with Crippen LogP contribution in [-0.2, 0) is 9.59 Å². The first-order valence-electron chi connectivity index (χ1n) is 7.02. The zero-order chi connectivity index (χ0) is 13.0. The van der Waals surface area contributed by atoms with Gasteiger partial charge in [0.1, 0.15) is 0 Å². The van der Waals surface area contributed by atoms with Crippen molar-refractivity contribution in [3.8, 4) is 0 Å². The molecule has 2 heterocycles. The molecule has 0 saturated carbocycles. The molecular formula is C13H23N3O2. The van der Waals surface area contributed by atoms with Gasteiger partial charge in [0.15, 0.2) is 0 Å². The average molecular weight is 253 g/mol. The van der Waals surface area contributed by atoms with E-state index in [0.29, 0.717) is 13.1 Å². The van der Waals surface area contributed by atoms with Gasteiger partial charge in [-0.3, -0.25) is 19.8 Å². The summed E-state index contributed by atoms with van der Waals surface area (Å²) < 4.78 is 0. The Morgan fingerprint density at radius 3 is 2.61 bits per heavy atom. The fourth-order valence-electron chi connectivity index (χ4n) is 2.72. The van der Waals surface area contributed by atoms with Gasteiger partial charge in [-0.15, -0.1) is 0 Å². The highest BCUT2D eigenvalue weighted by atomic mass is 16.2. The molecule has 0 aliphatic carbocycles. The Hall–Kier alpha value is -0.940. The Kier molecular flexibility index (Phi) is 4.72. The molecule has 2 fully saturated rings. The second-order valence-corrected chi connectivity index (χ2v) is 5.13. The van der Waals surface area contributed by atoms with Gasteiger partial charge in [0.2, 0.25) is 11.8 Å². The molecule has 2 saturated heterocycles. The molecule has 18 heavy (non-hydrogen) atoms. The van der Waals surface area contributed by atoms with Crippen molar-refractivity contribution in [2.24, 2.45) is 0 Å². The molecule has 0 aromatic carbocycles. The van der Waals surface area contributed by atoms with E-state index in [-0.39, 0.29) is 17.9 Å². The van der Waals surface area contributed by atoms with Gasteiger partial charge in [0, 0.05) is 6.54 Å². The van der Waals surface area contributed by atoms with Crippen LogP contribution in [0.25, 0.3) is 0 Å². The van der Waals surface area contributed by atoms with Gasteiger partial charge in [-0.05, 0) is 45.3 Å². The van der Waals surface area contributed by atoms with Crippen molar-refractivity contribution in [3.63, 3.8) is 0 Å². The van der Waals surface area contributed by atoms with Crippen LogP contribution in [0.5, 0.6) is 0 Å². The molecule has 1 unspecified atom stereocenters. The number of carbonyl (C=O) groups excluding carboxylic acids is 2. The van der Waals surface area contributed by atoms with E-state index < -0.39 is 0 Å².